The molecule has 0 aliphatic carbocycles. The number of methoxy groups -OCH3 is 2. The minimum atomic E-state index is -0.324. The second-order valence-electron chi connectivity index (χ2n) is 1.91. The topological polar surface area (TPSA) is 61.5 Å². The van der Waals surface area contributed by atoms with E-state index in [0.29, 0.717) is 6.61 Å². The molecule has 1 unspecified atom stereocenters. The molecule has 0 aromatic rings. The summed E-state index contributed by atoms with van der Waals surface area (Å²) in [4.78, 5) is 10.8. The third-order valence-electron chi connectivity index (χ3n) is 1.19. The smallest absolute Gasteiger partial charge is 0.312 e. The lowest BCUT2D eigenvalue weighted by atomic mass is 10.2. The van der Waals surface area contributed by atoms with Crippen molar-refractivity contribution >= 4 is 5.97 Å². The highest BCUT2D eigenvalue weighted by atomic mass is 16.5. The van der Waals surface area contributed by atoms with Gasteiger partial charge in [-0.15, -0.1) is 0 Å². The third kappa shape index (κ3) is 2.80. The van der Waals surface area contributed by atoms with E-state index in [1.807, 2.05) is 0 Å². The van der Waals surface area contributed by atoms with Crippen LogP contribution in [0, 0.1) is 5.92 Å². The number of nitrogens with two attached hydrogens (primary N) is 1. The highest BCUT2D eigenvalue weighted by Crippen LogP contribution is 1.96. The fraction of sp³-hybridized carbons (Fsp3) is 0.833. The van der Waals surface area contributed by atoms with Crippen LogP contribution < -0.4 is 5.73 Å². The number of esters is 1. The van der Waals surface area contributed by atoms with Crippen molar-refractivity contribution in [2.45, 2.75) is 0 Å². The minimum absolute atomic E-state index is 0.264. The summed E-state index contributed by atoms with van der Waals surface area (Å²) in [5.41, 5.74) is 5.25. The Morgan fingerprint density at radius 1 is 1.60 bits per heavy atom. The maximum atomic E-state index is 10.8. The molecule has 0 fully saturated rings. The van der Waals surface area contributed by atoms with Gasteiger partial charge in [-0.25, -0.2) is 0 Å². The van der Waals surface area contributed by atoms with Crippen molar-refractivity contribution in [3.63, 3.8) is 0 Å². The SMILES string of the molecule is COCC(CN)C(=O)OC. The van der Waals surface area contributed by atoms with Crippen LogP contribution in [0.1, 0.15) is 0 Å². The van der Waals surface area contributed by atoms with Crippen molar-refractivity contribution in [3.05, 3.63) is 0 Å². The fourth-order valence-electron chi connectivity index (χ4n) is 0.600. The largest absolute Gasteiger partial charge is 0.469 e. The lowest BCUT2D eigenvalue weighted by Crippen LogP contribution is -2.28. The minimum Gasteiger partial charge on any atom is -0.469 e. The molecule has 0 aliphatic rings. The van der Waals surface area contributed by atoms with Crippen molar-refractivity contribution in [1.82, 2.24) is 0 Å². The van der Waals surface area contributed by atoms with E-state index in [4.69, 9.17) is 10.5 Å². The first-order valence-corrected chi connectivity index (χ1v) is 3.03. The monoisotopic (exact) mass is 147 g/mol. The van der Waals surface area contributed by atoms with E-state index in [-0.39, 0.29) is 18.4 Å². The first-order chi connectivity index (χ1) is 4.76. The van der Waals surface area contributed by atoms with Gasteiger partial charge in [0.15, 0.2) is 0 Å². The van der Waals surface area contributed by atoms with E-state index in [9.17, 15) is 4.79 Å². The second-order valence-corrected chi connectivity index (χ2v) is 1.91. The van der Waals surface area contributed by atoms with Gasteiger partial charge in [-0.05, 0) is 0 Å². The Hall–Kier alpha value is -0.610. The molecule has 0 saturated carbocycles. The summed E-state index contributed by atoms with van der Waals surface area (Å²) in [7, 11) is 2.85. The molecule has 0 saturated heterocycles. The van der Waals surface area contributed by atoms with E-state index in [1.165, 1.54) is 14.2 Å². The average molecular weight is 147 g/mol. The summed E-state index contributed by atoms with van der Waals surface area (Å²) in [6, 6.07) is 0. The van der Waals surface area contributed by atoms with Crippen molar-refractivity contribution < 1.29 is 14.3 Å². The zero-order chi connectivity index (χ0) is 7.98. The summed E-state index contributed by atoms with van der Waals surface area (Å²) in [5.74, 6) is -0.639. The summed E-state index contributed by atoms with van der Waals surface area (Å²) in [5, 5.41) is 0. The van der Waals surface area contributed by atoms with Crippen LogP contribution in [0.4, 0.5) is 0 Å². The Kier molecular flexibility index (Phi) is 4.88. The number of hydrogen-bond acceptors (Lipinski definition) is 4. The van der Waals surface area contributed by atoms with E-state index in [0.717, 1.165) is 0 Å². The number of ether oxygens (including phenoxy) is 2. The molecule has 0 amide bonds. The molecular formula is C6H13NO3. The predicted molar refractivity (Wildman–Crippen MR) is 36.4 cm³/mol. The molecule has 4 nitrogen and oxygen atoms in total. The van der Waals surface area contributed by atoms with Gasteiger partial charge >= 0.3 is 5.97 Å². The molecular weight excluding hydrogens is 134 g/mol. The summed E-state index contributed by atoms with van der Waals surface area (Å²) in [6.45, 7) is 0.587. The first-order valence-electron chi connectivity index (χ1n) is 3.03. The molecule has 0 heterocycles. The summed E-state index contributed by atoms with van der Waals surface area (Å²) in [6.07, 6.45) is 0. The van der Waals surface area contributed by atoms with Crippen molar-refractivity contribution in [2.24, 2.45) is 11.7 Å². The summed E-state index contributed by atoms with van der Waals surface area (Å²) >= 11 is 0. The average Bonchev–Trinajstić information content (AvgIpc) is 1.99. The van der Waals surface area contributed by atoms with Gasteiger partial charge < -0.3 is 15.2 Å². The molecule has 1 atom stereocenters. The van der Waals surface area contributed by atoms with Crippen LogP contribution in [0.5, 0.6) is 0 Å². The van der Waals surface area contributed by atoms with Gasteiger partial charge in [0.1, 0.15) is 0 Å². The molecule has 0 bridgehead atoms. The van der Waals surface area contributed by atoms with Gasteiger partial charge in [0.2, 0.25) is 0 Å². The van der Waals surface area contributed by atoms with E-state index < -0.39 is 0 Å². The van der Waals surface area contributed by atoms with Gasteiger partial charge in [-0.1, -0.05) is 0 Å². The molecule has 10 heavy (non-hydrogen) atoms. The Morgan fingerprint density at radius 3 is 2.50 bits per heavy atom. The maximum Gasteiger partial charge on any atom is 0.312 e. The number of carbonyl (C=O) groups is 1. The Balaban J connectivity index is 3.68. The quantitative estimate of drug-likeness (QED) is 0.538. The lowest BCUT2D eigenvalue weighted by molar-refractivity contribution is -0.146. The molecule has 0 aliphatic heterocycles. The Morgan fingerprint density at radius 2 is 2.20 bits per heavy atom. The Labute approximate surface area is 60.3 Å². The van der Waals surface area contributed by atoms with Crippen LogP contribution in [0.3, 0.4) is 0 Å². The zero-order valence-electron chi connectivity index (χ0n) is 6.29. The highest BCUT2D eigenvalue weighted by molar-refractivity contribution is 5.72. The number of carbonyl (C=O) groups excluding carboxylic acids is 1. The molecule has 0 rings (SSSR count). The molecule has 0 spiro atoms. The molecule has 0 radical (unpaired) electrons. The van der Waals surface area contributed by atoms with Gasteiger partial charge in [-0.2, -0.15) is 0 Å². The van der Waals surface area contributed by atoms with Crippen LogP contribution >= 0.6 is 0 Å². The lowest BCUT2D eigenvalue weighted by Gasteiger charge is -2.09. The Bertz CT molecular complexity index is 105. The van der Waals surface area contributed by atoms with E-state index in [1.54, 1.807) is 0 Å². The normalized spacial score (nSPS) is 12.7. The molecule has 0 aromatic heterocycles. The van der Waals surface area contributed by atoms with Gasteiger partial charge in [0, 0.05) is 13.7 Å². The third-order valence-corrected chi connectivity index (χ3v) is 1.19. The predicted octanol–water partition coefficient (Wildman–Crippen LogP) is -0.619. The first kappa shape index (κ1) is 9.39. The molecule has 60 valence electrons. The van der Waals surface area contributed by atoms with Crippen LogP contribution in [-0.2, 0) is 14.3 Å². The summed E-state index contributed by atoms with van der Waals surface area (Å²) < 4.78 is 9.19. The van der Waals surface area contributed by atoms with Gasteiger partial charge in [0.25, 0.3) is 0 Å². The van der Waals surface area contributed by atoms with E-state index in [2.05, 4.69) is 4.74 Å². The van der Waals surface area contributed by atoms with Crippen molar-refractivity contribution in [1.29, 1.82) is 0 Å². The maximum absolute atomic E-state index is 10.8. The second kappa shape index (κ2) is 5.20. The molecule has 2 N–H and O–H groups in total. The number of hydrogen-bond donors (Lipinski definition) is 1. The van der Waals surface area contributed by atoms with Crippen LogP contribution in [0.15, 0.2) is 0 Å². The van der Waals surface area contributed by atoms with E-state index >= 15 is 0 Å². The molecule has 4 heteroatoms. The highest BCUT2D eigenvalue weighted by Gasteiger charge is 2.15. The van der Waals surface area contributed by atoms with Crippen LogP contribution in [0.2, 0.25) is 0 Å². The zero-order valence-corrected chi connectivity index (χ0v) is 6.29. The van der Waals surface area contributed by atoms with Crippen molar-refractivity contribution in [2.75, 3.05) is 27.4 Å². The van der Waals surface area contributed by atoms with Crippen LogP contribution in [-0.4, -0.2) is 33.3 Å². The van der Waals surface area contributed by atoms with Crippen molar-refractivity contribution in [3.8, 4) is 0 Å². The standard InChI is InChI=1S/C6H13NO3/c1-9-4-5(3-7)6(8)10-2/h5H,3-4,7H2,1-2H3. The van der Waals surface area contributed by atoms with Gasteiger partial charge in [0.05, 0.1) is 19.6 Å². The van der Waals surface area contributed by atoms with Gasteiger partial charge in [-0.3, -0.25) is 4.79 Å². The van der Waals surface area contributed by atoms with Crippen LogP contribution in [0.25, 0.3) is 0 Å². The number of rotatable bonds is 4. The fourth-order valence-corrected chi connectivity index (χ4v) is 0.600. The molecule has 0 aromatic carbocycles.